The smallest absolute Gasteiger partial charge is 0.268 e. The maximum Gasteiger partial charge on any atom is 0.268 e. The standard InChI is InChI=1S/C23H28BrFN2O2S/c1-2-3-8-29-21-19(24)13-30-22(21)23(28)27-16-5-6-17(27)11-15(10-16)18-9-14(12-26)4-7-20(18)25/h4,7,9,13,15-17H,2-3,5-6,8,10-12,26H2,1H3. The van der Waals surface area contributed by atoms with Gasteiger partial charge in [0.15, 0.2) is 5.75 Å². The van der Waals surface area contributed by atoms with Gasteiger partial charge in [-0.15, -0.1) is 11.3 Å². The molecule has 1 aromatic carbocycles. The average Bonchev–Trinajstić information content (AvgIpc) is 3.24. The van der Waals surface area contributed by atoms with Gasteiger partial charge in [0.1, 0.15) is 10.7 Å². The van der Waals surface area contributed by atoms with Crippen LogP contribution in [0, 0.1) is 5.82 Å². The van der Waals surface area contributed by atoms with E-state index < -0.39 is 0 Å². The molecule has 0 aliphatic carbocycles. The van der Waals surface area contributed by atoms with Crippen molar-refractivity contribution < 1.29 is 13.9 Å². The molecule has 1 aromatic heterocycles. The summed E-state index contributed by atoms with van der Waals surface area (Å²) in [6.07, 6.45) is 5.55. The van der Waals surface area contributed by atoms with Crippen molar-refractivity contribution in [1.82, 2.24) is 4.90 Å². The molecule has 3 heterocycles. The van der Waals surface area contributed by atoms with Gasteiger partial charge in [-0.1, -0.05) is 25.5 Å². The molecule has 30 heavy (non-hydrogen) atoms. The highest BCUT2D eigenvalue weighted by Gasteiger charge is 2.45. The number of unbranched alkanes of at least 4 members (excludes halogenated alkanes) is 1. The Hall–Kier alpha value is -1.44. The Balaban J connectivity index is 1.53. The molecule has 1 amide bonds. The number of hydrogen-bond acceptors (Lipinski definition) is 4. The molecule has 0 saturated carbocycles. The fourth-order valence-electron chi connectivity index (χ4n) is 4.84. The van der Waals surface area contributed by atoms with Crippen LogP contribution in [0.3, 0.4) is 0 Å². The van der Waals surface area contributed by atoms with E-state index in [-0.39, 0.29) is 29.7 Å². The number of fused-ring (bicyclic) bond motifs is 2. The van der Waals surface area contributed by atoms with Crippen molar-refractivity contribution >= 4 is 33.2 Å². The van der Waals surface area contributed by atoms with Crippen LogP contribution in [0.15, 0.2) is 28.1 Å². The SMILES string of the molecule is CCCCOc1c(Br)csc1C(=O)N1C2CCC1CC(c1cc(CN)ccc1F)C2. The molecule has 2 fully saturated rings. The molecule has 2 atom stereocenters. The lowest BCUT2D eigenvalue weighted by Gasteiger charge is -2.39. The highest BCUT2D eigenvalue weighted by atomic mass is 79.9. The topological polar surface area (TPSA) is 55.6 Å². The van der Waals surface area contributed by atoms with E-state index in [0.29, 0.717) is 23.8 Å². The summed E-state index contributed by atoms with van der Waals surface area (Å²) in [4.78, 5) is 16.2. The van der Waals surface area contributed by atoms with Gasteiger partial charge in [-0.25, -0.2) is 4.39 Å². The van der Waals surface area contributed by atoms with Crippen LogP contribution in [0.1, 0.15) is 72.2 Å². The first-order chi connectivity index (χ1) is 14.5. The van der Waals surface area contributed by atoms with E-state index in [1.54, 1.807) is 6.07 Å². The van der Waals surface area contributed by atoms with Crippen molar-refractivity contribution in [1.29, 1.82) is 0 Å². The number of amides is 1. The number of rotatable bonds is 7. The number of thiophene rings is 1. The van der Waals surface area contributed by atoms with Crippen LogP contribution in [-0.2, 0) is 6.54 Å². The zero-order valence-corrected chi connectivity index (χ0v) is 19.6. The Bertz CT molecular complexity index is 905. The van der Waals surface area contributed by atoms with Gasteiger partial charge in [0.2, 0.25) is 0 Å². The normalized spacial score (nSPS) is 23.1. The van der Waals surface area contributed by atoms with Crippen molar-refractivity contribution in [3.8, 4) is 5.75 Å². The van der Waals surface area contributed by atoms with E-state index in [9.17, 15) is 9.18 Å². The van der Waals surface area contributed by atoms with Crippen LogP contribution in [0.25, 0.3) is 0 Å². The van der Waals surface area contributed by atoms with Gasteiger partial charge in [-0.2, -0.15) is 0 Å². The number of halogens is 2. The number of nitrogens with zero attached hydrogens (tertiary/aromatic N) is 1. The summed E-state index contributed by atoms with van der Waals surface area (Å²) in [5.41, 5.74) is 7.47. The number of ether oxygens (including phenoxy) is 1. The van der Waals surface area contributed by atoms with Crippen LogP contribution >= 0.6 is 27.3 Å². The molecule has 2 N–H and O–H groups in total. The summed E-state index contributed by atoms with van der Waals surface area (Å²) in [7, 11) is 0. The molecule has 162 valence electrons. The Labute approximate surface area is 189 Å². The highest BCUT2D eigenvalue weighted by Crippen LogP contribution is 2.46. The third-order valence-electron chi connectivity index (χ3n) is 6.35. The summed E-state index contributed by atoms with van der Waals surface area (Å²) in [6.45, 7) is 3.13. The summed E-state index contributed by atoms with van der Waals surface area (Å²) < 4.78 is 21.3. The van der Waals surface area contributed by atoms with Gasteiger partial charge in [-0.3, -0.25) is 4.79 Å². The average molecular weight is 495 g/mol. The van der Waals surface area contributed by atoms with Crippen LogP contribution in [-0.4, -0.2) is 29.5 Å². The Kier molecular flexibility index (Phi) is 6.80. The van der Waals surface area contributed by atoms with Crippen LogP contribution in [0.5, 0.6) is 5.75 Å². The summed E-state index contributed by atoms with van der Waals surface area (Å²) >= 11 is 4.97. The number of carbonyl (C=O) groups excluding carboxylic acids is 1. The molecule has 2 unspecified atom stereocenters. The molecule has 2 aliphatic heterocycles. The predicted molar refractivity (Wildman–Crippen MR) is 122 cm³/mol. The van der Waals surface area contributed by atoms with E-state index in [2.05, 4.69) is 22.9 Å². The maximum absolute atomic E-state index is 14.5. The van der Waals surface area contributed by atoms with E-state index >= 15 is 0 Å². The Morgan fingerprint density at radius 2 is 2.07 bits per heavy atom. The number of benzene rings is 1. The molecule has 4 rings (SSSR count). The minimum Gasteiger partial charge on any atom is -0.491 e. The van der Waals surface area contributed by atoms with Gasteiger partial charge in [0.05, 0.1) is 11.1 Å². The largest absolute Gasteiger partial charge is 0.491 e. The third kappa shape index (κ3) is 4.16. The van der Waals surface area contributed by atoms with E-state index in [0.717, 1.165) is 54.1 Å². The zero-order chi connectivity index (χ0) is 21.3. The molecule has 0 radical (unpaired) electrons. The van der Waals surface area contributed by atoms with Gasteiger partial charge >= 0.3 is 0 Å². The number of nitrogens with two attached hydrogens (primary N) is 1. The highest BCUT2D eigenvalue weighted by molar-refractivity contribution is 9.10. The van der Waals surface area contributed by atoms with Gasteiger partial charge in [-0.05, 0) is 71.1 Å². The first-order valence-corrected chi connectivity index (χ1v) is 12.4. The summed E-state index contributed by atoms with van der Waals surface area (Å²) in [5.74, 6) is 0.694. The van der Waals surface area contributed by atoms with Crippen molar-refractivity contribution in [2.45, 2.75) is 70.0 Å². The van der Waals surface area contributed by atoms with E-state index in [1.807, 2.05) is 16.3 Å². The molecular formula is C23H28BrFN2O2S. The first-order valence-electron chi connectivity index (χ1n) is 10.7. The quantitative estimate of drug-likeness (QED) is 0.492. The lowest BCUT2D eigenvalue weighted by Crippen LogP contribution is -2.46. The van der Waals surface area contributed by atoms with Crippen molar-refractivity contribution in [3.63, 3.8) is 0 Å². The van der Waals surface area contributed by atoms with Crippen LogP contribution < -0.4 is 10.5 Å². The van der Waals surface area contributed by atoms with E-state index in [1.165, 1.54) is 17.4 Å². The van der Waals surface area contributed by atoms with Crippen LogP contribution in [0.2, 0.25) is 0 Å². The summed E-state index contributed by atoms with van der Waals surface area (Å²) in [5, 5.41) is 1.93. The molecule has 7 heteroatoms. The number of hydrogen-bond donors (Lipinski definition) is 1. The molecule has 0 spiro atoms. The third-order valence-corrected chi connectivity index (χ3v) is 8.19. The Morgan fingerprint density at radius 1 is 1.33 bits per heavy atom. The molecule has 4 nitrogen and oxygen atoms in total. The second-order valence-corrected chi connectivity index (χ2v) is 10.0. The van der Waals surface area contributed by atoms with Gasteiger partial charge in [0, 0.05) is 24.0 Å². The van der Waals surface area contributed by atoms with Crippen molar-refractivity contribution in [3.05, 3.63) is 49.9 Å². The molecular weight excluding hydrogens is 467 g/mol. The Morgan fingerprint density at radius 3 is 2.73 bits per heavy atom. The van der Waals surface area contributed by atoms with Gasteiger partial charge < -0.3 is 15.4 Å². The van der Waals surface area contributed by atoms with E-state index in [4.69, 9.17) is 10.5 Å². The zero-order valence-electron chi connectivity index (χ0n) is 17.2. The van der Waals surface area contributed by atoms with Crippen molar-refractivity contribution in [2.75, 3.05) is 6.61 Å². The second-order valence-electron chi connectivity index (χ2n) is 8.27. The summed E-state index contributed by atoms with van der Waals surface area (Å²) in [6, 6.07) is 5.48. The second kappa shape index (κ2) is 9.37. The number of piperidine rings is 1. The van der Waals surface area contributed by atoms with Crippen LogP contribution in [0.4, 0.5) is 4.39 Å². The molecule has 2 aliphatic rings. The molecule has 2 bridgehead atoms. The maximum atomic E-state index is 14.5. The monoisotopic (exact) mass is 494 g/mol. The fourth-order valence-corrected chi connectivity index (χ4v) is 6.37. The minimum atomic E-state index is -0.162. The number of carbonyl (C=O) groups is 1. The van der Waals surface area contributed by atoms with Crippen molar-refractivity contribution in [2.24, 2.45) is 5.73 Å². The first kappa shape index (κ1) is 21.8. The minimum absolute atomic E-state index is 0.0549. The van der Waals surface area contributed by atoms with Gasteiger partial charge in [0.25, 0.3) is 5.91 Å². The molecule has 2 saturated heterocycles. The lowest BCUT2D eigenvalue weighted by molar-refractivity contribution is 0.0571. The predicted octanol–water partition coefficient (Wildman–Crippen LogP) is 5.84. The molecule has 2 aromatic rings. The lowest BCUT2D eigenvalue weighted by atomic mass is 9.84. The fraction of sp³-hybridized carbons (Fsp3) is 0.522.